The summed E-state index contributed by atoms with van der Waals surface area (Å²) in [6.45, 7) is 6.60. The highest BCUT2D eigenvalue weighted by Gasteiger charge is 2.53. The van der Waals surface area contributed by atoms with Gasteiger partial charge in [0.15, 0.2) is 9.84 Å². The van der Waals surface area contributed by atoms with Gasteiger partial charge in [-0.3, -0.25) is 5.41 Å². The Hall–Kier alpha value is -1.89. The highest BCUT2D eigenvalue weighted by atomic mass is 32.2. The molecule has 7 heteroatoms. The number of sulfone groups is 1. The Kier molecular flexibility index (Phi) is 3.81. The van der Waals surface area contributed by atoms with E-state index in [0.29, 0.717) is 5.69 Å². The van der Waals surface area contributed by atoms with Crippen LogP contribution in [0.3, 0.4) is 0 Å². The van der Waals surface area contributed by atoms with Gasteiger partial charge in [-0.05, 0) is 38.5 Å². The SMILES string of the molecule is C=CC[C@@]1(C)C(=N)N[C@](C)(c2cc(N)ccc2F)CS1(=O)=O. The minimum Gasteiger partial charge on any atom is -0.399 e. The lowest BCUT2D eigenvalue weighted by molar-refractivity contribution is 0.419. The van der Waals surface area contributed by atoms with Crippen molar-refractivity contribution >= 4 is 21.4 Å². The highest BCUT2D eigenvalue weighted by Crippen LogP contribution is 2.37. The van der Waals surface area contributed by atoms with Gasteiger partial charge in [0.1, 0.15) is 16.4 Å². The third-order valence-corrected chi connectivity index (χ3v) is 6.91. The lowest BCUT2D eigenvalue weighted by Crippen LogP contribution is -2.65. The highest BCUT2D eigenvalue weighted by molar-refractivity contribution is 7.93. The molecule has 2 atom stereocenters. The molecule has 1 aliphatic rings. The summed E-state index contributed by atoms with van der Waals surface area (Å²) >= 11 is 0. The average molecular weight is 325 g/mol. The van der Waals surface area contributed by atoms with Crippen LogP contribution in [0.15, 0.2) is 30.9 Å². The Bertz CT molecular complexity index is 747. The predicted octanol–water partition coefficient (Wildman–Crippen LogP) is 1.95. The van der Waals surface area contributed by atoms with Crippen molar-refractivity contribution < 1.29 is 12.8 Å². The van der Waals surface area contributed by atoms with E-state index >= 15 is 0 Å². The van der Waals surface area contributed by atoms with Gasteiger partial charge in [0.25, 0.3) is 0 Å². The van der Waals surface area contributed by atoms with E-state index in [1.165, 1.54) is 31.2 Å². The molecule has 120 valence electrons. The molecule has 0 aromatic heterocycles. The quantitative estimate of drug-likeness (QED) is 0.584. The summed E-state index contributed by atoms with van der Waals surface area (Å²) in [6, 6.07) is 4.01. The van der Waals surface area contributed by atoms with E-state index in [2.05, 4.69) is 11.9 Å². The number of nitrogen functional groups attached to an aromatic ring is 1. The van der Waals surface area contributed by atoms with Crippen molar-refractivity contribution in [3.05, 3.63) is 42.2 Å². The van der Waals surface area contributed by atoms with Gasteiger partial charge in [0.2, 0.25) is 0 Å². The second-order valence-corrected chi connectivity index (χ2v) is 8.47. The van der Waals surface area contributed by atoms with E-state index < -0.39 is 25.9 Å². The first-order chi connectivity index (χ1) is 10.1. The molecule has 1 saturated heterocycles. The first-order valence-corrected chi connectivity index (χ1v) is 8.47. The van der Waals surface area contributed by atoms with Crippen molar-refractivity contribution in [1.29, 1.82) is 5.41 Å². The number of nitrogens with two attached hydrogens (primary N) is 1. The van der Waals surface area contributed by atoms with Gasteiger partial charge in [-0.25, -0.2) is 12.8 Å². The summed E-state index contributed by atoms with van der Waals surface area (Å²) in [4.78, 5) is 0. The second-order valence-electron chi connectivity index (χ2n) is 6.05. The van der Waals surface area contributed by atoms with E-state index in [9.17, 15) is 12.8 Å². The fourth-order valence-electron chi connectivity index (χ4n) is 2.75. The van der Waals surface area contributed by atoms with E-state index in [1.807, 2.05) is 0 Å². The van der Waals surface area contributed by atoms with Crippen molar-refractivity contribution in [2.75, 3.05) is 11.5 Å². The maximum Gasteiger partial charge on any atom is 0.165 e. The number of halogens is 1. The van der Waals surface area contributed by atoms with E-state index in [-0.39, 0.29) is 23.6 Å². The normalized spacial score (nSPS) is 30.6. The van der Waals surface area contributed by atoms with Crippen molar-refractivity contribution in [1.82, 2.24) is 5.32 Å². The summed E-state index contributed by atoms with van der Waals surface area (Å²) in [5.74, 6) is -1.05. The maximum absolute atomic E-state index is 14.1. The Morgan fingerprint density at radius 2 is 2.14 bits per heavy atom. The zero-order valence-corrected chi connectivity index (χ0v) is 13.4. The predicted molar refractivity (Wildman–Crippen MR) is 86.0 cm³/mol. The van der Waals surface area contributed by atoms with Gasteiger partial charge in [-0.1, -0.05) is 6.08 Å². The minimum atomic E-state index is -3.69. The zero-order chi connectivity index (χ0) is 16.8. The van der Waals surface area contributed by atoms with E-state index in [0.717, 1.165) is 0 Å². The number of anilines is 1. The molecule has 22 heavy (non-hydrogen) atoms. The van der Waals surface area contributed by atoms with Crippen LogP contribution in [0, 0.1) is 11.2 Å². The van der Waals surface area contributed by atoms with Gasteiger partial charge in [0, 0.05) is 11.3 Å². The van der Waals surface area contributed by atoms with Crippen molar-refractivity contribution in [2.45, 2.75) is 30.6 Å². The van der Waals surface area contributed by atoms with Crippen LogP contribution >= 0.6 is 0 Å². The summed E-state index contributed by atoms with van der Waals surface area (Å²) in [5.41, 5.74) is 4.92. The standard InChI is InChI=1S/C15H20FN3O2S/c1-4-7-15(3)13(18)19-14(2,9-22(15,20)21)11-8-10(17)5-6-12(11)16/h4-6,8H,1,7,9,17H2,2-3H3,(H2,18,19)/t14-,15-/m0/s1. The third kappa shape index (κ3) is 2.39. The number of hydrogen-bond donors (Lipinski definition) is 3. The van der Waals surface area contributed by atoms with Crippen LogP contribution in [-0.2, 0) is 15.4 Å². The first-order valence-electron chi connectivity index (χ1n) is 6.82. The van der Waals surface area contributed by atoms with E-state index in [4.69, 9.17) is 11.1 Å². The molecule has 2 rings (SSSR count). The third-order valence-electron chi connectivity index (χ3n) is 4.21. The molecule has 0 bridgehead atoms. The van der Waals surface area contributed by atoms with Crippen LogP contribution in [0.2, 0.25) is 0 Å². The molecule has 0 spiro atoms. The van der Waals surface area contributed by atoms with E-state index in [1.54, 1.807) is 6.92 Å². The number of amidine groups is 1. The lowest BCUT2D eigenvalue weighted by Gasteiger charge is -2.44. The van der Waals surface area contributed by atoms with Gasteiger partial charge >= 0.3 is 0 Å². The van der Waals surface area contributed by atoms with Gasteiger partial charge in [-0.2, -0.15) is 0 Å². The molecular formula is C15H20FN3O2S. The summed E-state index contributed by atoms with van der Waals surface area (Å²) in [6.07, 6.45) is 1.59. The van der Waals surface area contributed by atoms with Crippen LogP contribution in [-0.4, -0.2) is 24.8 Å². The topological polar surface area (TPSA) is 96.0 Å². The molecule has 0 saturated carbocycles. The molecule has 0 radical (unpaired) electrons. The summed E-state index contributed by atoms with van der Waals surface area (Å²) in [5, 5.41) is 11.0. The molecule has 1 aromatic carbocycles. The van der Waals surface area contributed by atoms with Gasteiger partial charge < -0.3 is 11.1 Å². The minimum absolute atomic E-state index is 0.122. The number of allylic oxidation sites excluding steroid dienone is 1. The Morgan fingerprint density at radius 3 is 2.68 bits per heavy atom. The molecule has 0 unspecified atom stereocenters. The van der Waals surface area contributed by atoms with Crippen molar-refractivity contribution in [3.8, 4) is 0 Å². The fraction of sp³-hybridized carbons (Fsp3) is 0.400. The average Bonchev–Trinajstić information content (AvgIpc) is 2.39. The molecule has 0 aliphatic carbocycles. The molecule has 1 fully saturated rings. The summed E-state index contributed by atoms with van der Waals surface area (Å²) in [7, 11) is -3.69. The van der Waals surface area contributed by atoms with Crippen LogP contribution in [0.25, 0.3) is 0 Å². The number of nitrogens with one attached hydrogen (secondary N) is 2. The van der Waals surface area contributed by atoms with Crippen LogP contribution in [0.5, 0.6) is 0 Å². The molecule has 5 nitrogen and oxygen atoms in total. The monoisotopic (exact) mass is 325 g/mol. The Morgan fingerprint density at radius 1 is 1.50 bits per heavy atom. The largest absolute Gasteiger partial charge is 0.399 e. The molecule has 1 aliphatic heterocycles. The number of benzene rings is 1. The fourth-order valence-corrected chi connectivity index (χ4v) is 4.79. The Balaban J connectivity index is 2.55. The molecule has 1 heterocycles. The van der Waals surface area contributed by atoms with Crippen LogP contribution in [0.1, 0.15) is 25.8 Å². The maximum atomic E-state index is 14.1. The zero-order valence-electron chi connectivity index (χ0n) is 12.6. The van der Waals surface area contributed by atoms with Crippen LogP contribution < -0.4 is 11.1 Å². The molecule has 0 amide bonds. The molecule has 1 aromatic rings. The lowest BCUT2D eigenvalue weighted by atomic mass is 9.91. The summed E-state index contributed by atoms with van der Waals surface area (Å²) < 4.78 is 38.2. The molecular weight excluding hydrogens is 305 g/mol. The van der Waals surface area contributed by atoms with Crippen molar-refractivity contribution in [2.24, 2.45) is 0 Å². The smallest absolute Gasteiger partial charge is 0.165 e. The van der Waals surface area contributed by atoms with Gasteiger partial charge in [0.05, 0.1) is 11.3 Å². The number of rotatable bonds is 3. The van der Waals surface area contributed by atoms with Crippen molar-refractivity contribution in [3.63, 3.8) is 0 Å². The Labute approximate surface area is 129 Å². The molecule has 4 N–H and O–H groups in total. The first kappa shape index (κ1) is 16.5. The number of hydrogen-bond acceptors (Lipinski definition) is 4. The van der Waals surface area contributed by atoms with Crippen LogP contribution in [0.4, 0.5) is 10.1 Å². The second kappa shape index (κ2) is 5.08. The van der Waals surface area contributed by atoms with Gasteiger partial charge in [-0.15, -0.1) is 6.58 Å².